The monoisotopic (exact) mass is 328 g/mol. The average molecular weight is 328 g/mol. The van der Waals surface area contributed by atoms with Crippen molar-refractivity contribution in [1.82, 2.24) is 18.9 Å². The van der Waals surface area contributed by atoms with Crippen LogP contribution in [0.25, 0.3) is 4.96 Å². The standard InChI is InChI=1S/C16H16N4O2S/c1-10-8-23-16-18-12(5-15(22)20(10)16)7-19-9-17-13(6-14(19)21)11-3-2-4-11/h5-6,8-9,11H,2-4,7H2,1H3. The molecule has 118 valence electrons. The zero-order valence-electron chi connectivity index (χ0n) is 12.7. The van der Waals surface area contributed by atoms with E-state index in [0.717, 1.165) is 24.2 Å². The molecule has 3 aromatic rings. The first kappa shape index (κ1) is 14.3. The van der Waals surface area contributed by atoms with Crippen molar-refractivity contribution in [2.45, 2.75) is 38.6 Å². The molecule has 6 nitrogen and oxygen atoms in total. The third-order valence-corrected chi connectivity index (χ3v) is 5.33. The molecule has 0 aliphatic heterocycles. The summed E-state index contributed by atoms with van der Waals surface area (Å²) in [6, 6.07) is 3.10. The van der Waals surface area contributed by atoms with Crippen LogP contribution >= 0.6 is 11.3 Å². The van der Waals surface area contributed by atoms with E-state index in [-0.39, 0.29) is 17.7 Å². The highest BCUT2D eigenvalue weighted by atomic mass is 32.1. The van der Waals surface area contributed by atoms with Crippen LogP contribution in [0, 0.1) is 6.92 Å². The van der Waals surface area contributed by atoms with Gasteiger partial charge >= 0.3 is 0 Å². The Morgan fingerprint density at radius 3 is 2.78 bits per heavy atom. The van der Waals surface area contributed by atoms with Gasteiger partial charge in [0.05, 0.1) is 24.3 Å². The summed E-state index contributed by atoms with van der Waals surface area (Å²) in [5.74, 6) is 0.436. The number of aromatic nitrogens is 4. The van der Waals surface area contributed by atoms with Crippen molar-refractivity contribution < 1.29 is 0 Å². The van der Waals surface area contributed by atoms with E-state index < -0.39 is 0 Å². The fraction of sp³-hybridized carbons (Fsp3) is 0.375. The first-order valence-electron chi connectivity index (χ1n) is 7.65. The van der Waals surface area contributed by atoms with Crippen LogP contribution in [-0.4, -0.2) is 18.9 Å². The highest BCUT2D eigenvalue weighted by Crippen LogP contribution is 2.34. The zero-order chi connectivity index (χ0) is 16.0. The van der Waals surface area contributed by atoms with Crippen LogP contribution in [0.1, 0.15) is 42.3 Å². The molecule has 0 bridgehead atoms. The van der Waals surface area contributed by atoms with E-state index in [2.05, 4.69) is 9.97 Å². The van der Waals surface area contributed by atoms with E-state index in [1.54, 1.807) is 16.8 Å². The van der Waals surface area contributed by atoms with Crippen molar-refractivity contribution >= 4 is 16.3 Å². The number of nitrogens with zero attached hydrogens (tertiary/aromatic N) is 4. The molecule has 0 radical (unpaired) electrons. The second-order valence-electron chi connectivity index (χ2n) is 5.99. The Labute approximate surface area is 136 Å². The molecule has 7 heteroatoms. The van der Waals surface area contributed by atoms with Crippen LogP contribution in [0.15, 0.2) is 33.4 Å². The molecule has 1 saturated carbocycles. The highest BCUT2D eigenvalue weighted by Gasteiger charge is 2.21. The van der Waals surface area contributed by atoms with Crippen molar-refractivity contribution in [2.24, 2.45) is 0 Å². The number of hydrogen-bond acceptors (Lipinski definition) is 5. The van der Waals surface area contributed by atoms with E-state index >= 15 is 0 Å². The van der Waals surface area contributed by atoms with Gasteiger partial charge in [-0.2, -0.15) is 0 Å². The average Bonchev–Trinajstić information content (AvgIpc) is 2.82. The minimum Gasteiger partial charge on any atom is -0.293 e. The molecule has 3 heterocycles. The topological polar surface area (TPSA) is 69.3 Å². The smallest absolute Gasteiger partial charge is 0.259 e. The van der Waals surface area contributed by atoms with Gasteiger partial charge in [-0.05, 0) is 19.8 Å². The number of fused-ring (bicyclic) bond motifs is 1. The maximum atomic E-state index is 12.3. The lowest BCUT2D eigenvalue weighted by molar-refractivity contribution is 0.409. The summed E-state index contributed by atoms with van der Waals surface area (Å²) >= 11 is 1.42. The molecule has 0 N–H and O–H groups in total. The van der Waals surface area contributed by atoms with Crippen LogP contribution in [-0.2, 0) is 6.54 Å². The maximum Gasteiger partial charge on any atom is 0.259 e. The summed E-state index contributed by atoms with van der Waals surface area (Å²) in [5, 5.41) is 1.90. The molecule has 0 amide bonds. The second-order valence-corrected chi connectivity index (χ2v) is 6.83. The van der Waals surface area contributed by atoms with Crippen LogP contribution in [0.3, 0.4) is 0 Å². The number of hydrogen-bond donors (Lipinski definition) is 0. The van der Waals surface area contributed by atoms with Crippen LogP contribution in [0.5, 0.6) is 0 Å². The first-order valence-corrected chi connectivity index (χ1v) is 8.53. The first-order chi connectivity index (χ1) is 11.1. The van der Waals surface area contributed by atoms with E-state index in [4.69, 9.17) is 0 Å². The van der Waals surface area contributed by atoms with Gasteiger partial charge in [0.1, 0.15) is 0 Å². The number of thiazole rings is 1. The molecule has 0 unspecified atom stereocenters. The molecular weight excluding hydrogens is 312 g/mol. The maximum absolute atomic E-state index is 12.3. The fourth-order valence-corrected chi connectivity index (χ4v) is 3.73. The van der Waals surface area contributed by atoms with Gasteiger partial charge in [-0.1, -0.05) is 6.42 Å². The predicted octanol–water partition coefficient (Wildman–Crippen LogP) is 1.94. The molecule has 4 rings (SSSR count). The Morgan fingerprint density at radius 2 is 2.09 bits per heavy atom. The van der Waals surface area contributed by atoms with Crippen molar-refractivity contribution in [2.75, 3.05) is 0 Å². The quantitative estimate of drug-likeness (QED) is 0.737. The Hall–Kier alpha value is -2.28. The summed E-state index contributed by atoms with van der Waals surface area (Å²) in [4.78, 5) is 34.0. The van der Waals surface area contributed by atoms with Gasteiger partial charge in [-0.15, -0.1) is 11.3 Å². The van der Waals surface area contributed by atoms with Gasteiger partial charge in [-0.3, -0.25) is 18.6 Å². The Bertz CT molecular complexity index is 997. The molecule has 1 aliphatic rings. The van der Waals surface area contributed by atoms with Crippen molar-refractivity contribution in [3.05, 3.63) is 61.6 Å². The van der Waals surface area contributed by atoms with Crippen LogP contribution in [0.2, 0.25) is 0 Å². The van der Waals surface area contributed by atoms with E-state index in [1.807, 2.05) is 12.3 Å². The normalized spacial score (nSPS) is 15.0. The van der Waals surface area contributed by atoms with E-state index in [0.29, 0.717) is 16.6 Å². The Morgan fingerprint density at radius 1 is 1.26 bits per heavy atom. The lowest BCUT2D eigenvalue weighted by Gasteiger charge is -2.24. The van der Waals surface area contributed by atoms with Crippen LogP contribution < -0.4 is 11.1 Å². The summed E-state index contributed by atoms with van der Waals surface area (Å²) in [6.07, 6.45) is 5.01. The third-order valence-electron chi connectivity index (χ3n) is 4.39. The minimum atomic E-state index is -0.115. The molecule has 0 spiro atoms. The van der Waals surface area contributed by atoms with Gasteiger partial charge in [0.25, 0.3) is 11.1 Å². The molecule has 0 saturated heterocycles. The molecule has 1 fully saturated rings. The van der Waals surface area contributed by atoms with Crippen LogP contribution in [0.4, 0.5) is 0 Å². The minimum absolute atomic E-state index is 0.0914. The second kappa shape index (κ2) is 5.42. The zero-order valence-corrected chi connectivity index (χ0v) is 13.5. The van der Waals surface area contributed by atoms with Gasteiger partial charge in [-0.25, -0.2) is 9.97 Å². The highest BCUT2D eigenvalue weighted by molar-refractivity contribution is 7.15. The predicted molar refractivity (Wildman–Crippen MR) is 88.3 cm³/mol. The SMILES string of the molecule is Cc1csc2nc(Cn3cnc(C4CCC4)cc3=O)cc(=O)n12. The number of aryl methyl sites for hydroxylation is 1. The van der Waals surface area contributed by atoms with Gasteiger partial charge in [0.15, 0.2) is 4.96 Å². The number of rotatable bonds is 3. The Balaban J connectivity index is 1.67. The Kier molecular flexibility index (Phi) is 3.37. The summed E-state index contributed by atoms with van der Waals surface area (Å²) < 4.78 is 3.08. The molecule has 23 heavy (non-hydrogen) atoms. The third kappa shape index (κ3) is 2.50. The fourth-order valence-electron chi connectivity index (χ4n) is 2.84. The molecule has 3 aromatic heterocycles. The molecular formula is C16H16N4O2S. The van der Waals surface area contributed by atoms with Gasteiger partial charge in [0, 0.05) is 29.1 Å². The summed E-state index contributed by atoms with van der Waals surface area (Å²) in [6.45, 7) is 2.14. The lowest BCUT2D eigenvalue weighted by atomic mass is 9.83. The molecule has 0 atom stereocenters. The van der Waals surface area contributed by atoms with Crippen molar-refractivity contribution in [3.8, 4) is 0 Å². The lowest BCUT2D eigenvalue weighted by Crippen LogP contribution is -2.25. The van der Waals surface area contributed by atoms with E-state index in [1.165, 1.54) is 28.4 Å². The van der Waals surface area contributed by atoms with Crippen molar-refractivity contribution in [3.63, 3.8) is 0 Å². The molecule has 0 aromatic carbocycles. The van der Waals surface area contributed by atoms with Gasteiger partial charge < -0.3 is 0 Å². The summed E-state index contributed by atoms with van der Waals surface area (Å²) in [5.41, 5.74) is 2.13. The summed E-state index contributed by atoms with van der Waals surface area (Å²) in [7, 11) is 0. The van der Waals surface area contributed by atoms with Crippen molar-refractivity contribution in [1.29, 1.82) is 0 Å². The van der Waals surface area contributed by atoms with E-state index in [9.17, 15) is 9.59 Å². The van der Waals surface area contributed by atoms with Gasteiger partial charge in [0.2, 0.25) is 0 Å². The molecule has 1 aliphatic carbocycles. The largest absolute Gasteiger partial charge is 0.293 e.